The van der Waals surface area contributed by atoms with E-state index in [1.165, 1.54) is 25.3 Å². The van der Waals surface area contributed by atoms with Crippen LogP contribution in [0.25, 0.3) is 0 Å². The second kappa shape index (κ2) is 6.21. The predicted molar refractivity (Wildman–Crippen MR) is 77.2 cm³/mol. The van der Waals surface area contributed by atoms with E-state index in [4.69, 9.17) is 16.3 Å². The van der Waals surface area contributed by atoms with Crippen molar-refractivity contribution >= 4 is 27.6 Å². The molecule has 1 atom stereocenters. The molecular formula is C13H16ClNO5S. The monoisotopic (exact) mass is 333 g/mol. The quantitative estimate of drug-likeness (QED) is 0.910. The van der Waals surface area contributed by atoms with Crippen molar-refractivity contribution in [3.05, 3.63) is 23.2 Å². The fraction of sp³-hybridized carbons (Fsp3) is 0.462. The molecule has 0 aromatic heterocycles. The van der Waals surface area contributed by atoms with Crippen LogP contribution in [0, 0.1) is 0 Å². The Morgan fingerprint density at radius 1 is 1.43 bits per heavy atom. The molecule has 6 nitrogen and oxygen atoms in total. The van der Waals surface area contributed by atoms with E-state index in [9.17, 15) is 18.3 Å². The number of hydrogen-bond acceptors (Lipinski definition) is 4. The summed E-state index contributed by atoms with van der Waals surface area (Å²) in [6.07, 6.45) is 1.66. The molecule has 1 N–H and O–H groups in total. The normalized spacial score (nSPS) is 20.2. The minimum Gasteiger partial charge on any atom is -0.495 e. The van der Waals surface area contributed by atoms with Gasteiger partial charge in [-0.2, -0.15) is 4.31 Å². The average molecular weight is 334 g/mol. The highest BCUT2D eigenvalue weighted by Gasteiger charge is 2.37. The molecule has 0 unspecified atom stereocenters. The molecule has 0 spiro atoms. The SMILES string of the molecule is COc1ccc(S(=O)(=O)N2CCCC[C@H]2C(=O)O)cc1Cl. The maximum Gasteiger partial charge on any atom is 0.322 e. The second-order valence-corrected chi connectivity index (χ2v) is 7.06. The number of aliphatic carboxylic acids is 1. The Morgan fingerprint density at radius 3 is 2.71 bits per heavy atom. The first-order chi connectivity index (χ1) is 9.87. The van der Waals surface area contributed by atoms with Gasteiger partial charge < -0.3 is 9.84 Å². The van der Waals surface area contributed by atoms with E-state index in [1.54, 1.807) is 0 Å². The Balaban J connectivity index is 2.40. The summed E-state index contributed by atoms with van der Waals surface area (Å²) >= 11 is 5.95. The van der Waals surface area contributed by atoms with Gasteiger partial charge in [-0.15, -0.1) is 0 Å². The molecular weight excluding hydrogens is 318 g/mol. The lowest BCUT2D eigenvalue weighted by Crippen LogP contribution is -2.47. The molecule has 1 fully saturated rings. The van der Waals surface area contributed by atoms with Crippen molar-refractivity contribution in [2.45, 2.75) is 30.2 Å². The number of rotatable bonds is 4. The fourth-order valence-corrected chi connectivity index (χ4v) is 4.38. The Bertz CT molecular complexity index is 646. The van der Waals surface area contributed by atoms with E-state index in [2.05, 4.69) is 0 Å². The number of ether oxygens (including phenoxy) is 1. The van der Waals surface area contributed by atoms with Gasteiger partial charge in [0.2, 0.25) is 10.0 Å². The Morgan fingerprint density at radius 2 is 2.14 bits per heavy atom. The van der Waals surface area contributed by atoms with Crippen LogP contribution in [0.5, 0.6) is 5.75 Å². The molecule has 0 radical (unpaired) electrons. The summed E-state index contributed by atoms with van der Waals surface area (Å²) in [7, 11) is -2.46. The Hall–Kier alpha value is -1.31. The van der Waals surface area contributed by atoms with Crippen molar-refractivity contribution < 1.29 is 23.1 Å². The van der Waals surface area contributed by atoms with Crippen LogP contribution in [-0.2, 0) is 14.8 Å². The number of carboxylic acid groups (broad SMARTS) is 1. The number of benzene rings is 1. The molecule has 0 bridgehead atoms. The molecule has 0 amide bonds. The zero-order valence-electron chi connectivity index (χ0n) is 11.5. The minimum atomic E-state index is -3.89. The topological polar surface area (TPSA) is 83.9 Å². The number of carbonyl (C=O) groups is 1. The zero-order valence-corrected chi connectivity index (χ0v) is 13.0. The Kier molecular flexibility index (Phi) is 4.75. The van der Waals surface area contributed by atoms with Crippen LogP contribution >= 0.6 is 11.6 Å². The van der Waals surface area contributed by atoms with Gasteiger partial charge in [0.05, 0.1) is 17.0 Å². The van der Waals surface area contributed by atoms with Crippen molar-refractivity contribution in [2.24, 2.45) is 0 Å². The number of methoxy groups -OCH3 is 1. The van der Waals surface area contributed by atoms with E-state index in [0.29, 0.717) is 25.0 Å². The molecule has 1 aliphatic rings. The summed E-state index contributed by atoms with van der Waals surface area (Å²) in [5, 5.41) is 9.37. The molecule has 1 heterocycles. The lowest BCUT2D eigenvalue weighted by Gasteiger charge is -2.31. The van der Waals surface area contributed by atoms with Crippen LogP contribution in [0.3, 0.4) is 0 Å². The predicted octanol–water partition coefficient (Wildman–Crippen LogP) is 1.98. The highest BCUT2D eigenvalue weighted by molar-refractivity contribution is 7.89. The molecule has 1 aliphatic heterocycles. The minimum absolute atomic E-state index is 0.0264. The molecule has 1 aromatic rings. The average Bonchev–Trinajstić information content (AvgIpc) is 2.47. The van der Waals surface area contributed by atoms with Crippen LogP contribution in [0.4, 0.5) is 0 Å². The number of carboxylic acids is 1. The van der Waals surface area contributed by atoms with Crippen molar-refractivity contribution in [1.29, 1.82) is 0 Å². The van der Waals surface area contributed by atoms with Crippen molar-refractivity contribution in [3.63, 3.8) is 0 Å². The van der Waals surface area contributed by atoms with Gasteiger partial charge in [0.15, 0.2) is 0 Å². The molecule has 21 heavy (non-hydrogen) atoms. The number of sulfonamides is 1. The highest BCUT2D eigenvalue weighted by Crippen LogP contribution is 2.31. The first-order valence-electron chi connectivity index (χ1n) is 6.46. The summed E-state index contributed by atoms with van der Waals surface area (Å²) in [4.78, 5) is 11.2. The van der Waals surface area contributed by atoms with Gasteiger partial charge in [-0.05, 0) is 37.5 Å². The summed E-state index contributed by atoms with van der Waals surface area (Å²) in [6.45, 7) is 0.197. The molecule has 0 saturated carbocycles. The lowest BCUT2D eigenvalue weighted by molar-refractivity contribution is -0.142. The van der Waals surface area contributed by atoms with Gasteiger partial charge in [0, 0.05) is 6.54 Å². The molecule has 1 aromatic carbocycles. The highest BCUT2D eigenvalue weighted by atomic mass is 35.5. The fourth-order valence-electron chi connectivity index (χ4n) is 2.38. The largest absolute Gasteiger partial charge is 0.495 e. The molecule has 8 heteroatoms. The van der Waals surface area contributed by atoms with Crippen LogP contribution in [0.15, 0.2) is 23.1 Å². The van der Waals surface area contributed by atoms with Gasteiger partial charge in [0.1, 0.15) is 11.8 Å². The third kappa shape index (κ3) is 3.14. The zero-order chi connectivity index (χ0) is 15.6. The van der Waals surface area contributed by atoms with Crippen LogP contribution < -0.4 is 4.74 Å². The molecule has 1 saturated heterocycles. The van der Waals surface area contributed by atoms with Gasteiger partial charge in [-0.25, -0.2) is 8.42 Å². The van der Waals surface area contributed by atoms with E-state index < -0.39 is 22.0 Å². The lowest BCUT2D eigenvalue weighted by atomic mass is 10.1. The third-order valence-electron chi connectivity index (χ3n) is 3.47. The van der Waals surface area contributed by atoms with E-state index >= 15 is 0 Å². The van der Waals surface area contributed by atoms with Gasteiger partial charge >= 0.3 is 5.97 Å². The van der Waals surface area contributed by atoms with Gasteiger partial charge in [-0.1, -0.05) is 11.6 Å². The number of nitrogens with zero attached hydrogens (tertiary/aromatic N) is 1. The number of piperidine rings is 1. The standard InChI is InChI=1S/C13H16ClNO5S/c1-20-12-6-5-9(8-10(12)14)21(18,19)15-7-3-2-4-11(15)13(16)17/h5-6,8,11H,2-4,7H2,1H3,(H,16,17)/t11-/m0/s1. The van der Waals surface area contributed by atoms with E-state index in [0.717, 1.165) is 4.31 Å². The van der Waals surface area contributed by atoms with Gasteiger partial charge in [0.25, 0.3) is 0 Å². The summed E-state index contributed by atoms with van der Waals surface area (Å²) in [5.41, 5.74) is 0. The van der Waals surface area contributed by atoms with E-state index in [1.807, 2.05) is 0 Å². The van der Waals surface area contributed by atoms with Gasteiger partial charge in [-0.3, -0.25) is 4.79 Å². The molecule has 2 rings (SSSR count). The second-order valence-electron chi connectivity index (χ2n) is 4.76. The van der Waals surface area contributed by atoms with E-state index in [-0.39, 0.29) is 16.5 Å². The maximum atomic E-state index is 12.6. The summed E-state index contributed by atoms with van der Waals surface area (Å²) in [6, 6.07) is 3.08. The summed E-state index contributed by atoms with van der Waals surface area (Å²) in [5.74, 6) is -0.762. The molecule has 116 valence electrons. The van der Waals surface area contributed by atoms with Crippen molar-refractivity contribution in [1.82, 2.24) is 4.31 Å². The third-order valence-corrected chi connectivity index (χ3v) is 5.67. The number of halogens is 1. The van der Waals surface area contributed by atoms with Crippen molar-refractivity contribution in [3.8, 4) is 5.75 Å². The first-order valence-corrected chi connectivity index (χ1v) is 8.28. The Labute approximate surface area is 128 Å². The van der Waals surface area contributed by atoms with Crippen LogP contribution in [0.2, 0.25) is 5.02 Å². The van der Waals surface area contributed by atoms with Crippen LogP contribution in [0.1, 0.15) is 19.3 Å². The van der Waals surface area contributed by atoms with Crippen LogP contribution in [-0.4, -0.2) is 43.5 Å². The first kappa shape index (κ1) is 16.1. The summed E-state index contributed by atoms with van der Waals surface area (Å²) < 4.78 is 31.3. The molecule has 0 aliphatic carbocycles. The van der Waals surface area contributed by atoms with Crippen molar-refractivity contribution in [2.75, 3.05) is 13.7 Å². The maximum absolute atomic E-state index is 12.6. The number of hydrogen-bond donors (Lipinski definition) is 1. The smallest absolute Gasteiger partial charge is 0.322 e.